The van der Waals surface area contributed by atoms with Crippen molar-refractivity contribution in [2.24, 2.45) is 0 Å². The van der Waals surface area contributed by atoms with Gasteiger partial charge in [0.1, 0.15) is 0 Å². The van der Waals surface area contributed by atoms with E-state index in [1.807, 2.05) is 13.0 Å². The predicted molar refractivity (Wildman–Crippen MR) is 73.8 cm³/mol. The fourth-order valence-electron chi connectivity index (χ4n) is 1.53. The number of hydrogen-bond acceptors (Lipinski definition) is 3. The summed E-state index contributed by atoms with van der Waals surface area (Å²) in [5, 5.41) is 6.53. The molecule has 0 aliphatic heterocycles. The summed E-state index contributed by atoms with van der Waals surface area (Å²) in [6.07, 6.45) is 0. The molecule has 0 spiro atoms. The second-order valence-corrected chi connectivity index (χ2v) is 5.18. The number of nitrogens with one attached hydrogen (secondary N) is 2. The zero-order valence-electron chi connectivity index (χ0n) is 11.6. The highest BCUT2D eigenvalue weighted by Crippen LogP contribution is 2.20. The van der Waals surface area contributed by atoms with Crippen LogP contribution < -0.4 is 15.4 Å². The summed E-state index contributed by atoms with van der Waals surface area (Å²) in [5.74, 6) is -0.0264. The SMILES string of the molecule is CCOc1ccc(NCCNC(C)(C)C)cc1F. The van der Waals surface area contributed by atoms with Crippen molar-refractivity contribution in [2.75, 3.05) is 25.0 Å². The normalized spacial score (nSPS) is 11.4. The van der Waals surface area contributed by atoms with E-state index in [4.69, 9.17) is 4.74 Å². The lowest BCUT2D eigenvalue weighted by atomic mass is 10.1. The molecule has 18 heavy (non-hydrogen) atoms. The van der Waals surface area contributed by atoms with Crippen LogP contribution in [0.15, 0.2) is 18.2 Å². The quantitative estimate of drug-likeness (QED) is 0.766. The Balaban J connectivity index is 2.41. The van der Waals surface area contributed by atoms with Gasteiger partial charge >= 0.3 is 0 Å². The molecule has 0 radical (unpaired) electrons. The van der Waals surface area contributed by atoms with Crippen molar-refractivity contribution in [3.63, 3.8) is 0 Å². The van der Waals surface area contributed by atoms with Crippen LogP contribution >= 0.6 is 0 Å². The lowest BCUT2D eigenvalue weighted by molar-refractivity contribution is 0.321. The smallest absolute Gasteiger partial charge is 0.167 e. The van der Waals surface area contributed by atoms with E-state index in [1.54, 1.807) is 6.07 Å². The van der Waals surface area contributed by atoms with Crippen LogP contribution in [-0.2, 0) is 0 Å². The average molecular weight is 254 g/mol. The Bertz CT molecular complexity index is 375. The van der Waals surface area contributed by atoms with E-state index >= 15 is 0 Å². The van der Waals surface area contributed by atoms with Crippen LogP contribution in [0.3, 0.4) is 0 Å². The maximum Gasteiger partial charge on any atom is 0.167 e. The molecular formula is C14H23FN2O. The van der Waals surface area contributed by atoms with E-state index in [2.05, 4.69) is 31.4 Å². The van der Waals surface area contributed by atoms with Crippen molar-refractivity contribution in [1.82, 2.24) is 5.32 Å². The second kappa shape index (κ2) is 6.59. The number of hydrogen-bond donors (Lipinski definition) is 2. The first-order valence-corrected chi connectivity index (χ1v) is 6.33. The molecule has 4 heteroatoms. The lowest BCUT2D eigenvalue weighted by Gasteiger charge is -2.20. The first-order chi connectivity index (χ1) is 8.42. The molecule has 0 atom stereocenters. The highest BCUT2D eigenvalue weighted by molar-refractivity contribution is 5.47. The number of rotatable bonds is 6. The van der Waals surface area contributed by atoms with E-state index in [-0.39, 0.29) is 11.4 Å². The summed E-state index contributed by atoms with van der Waals surface area (Å²) in [5.41, 5.74) is 0.873. The number of anilines is 1. The third-order valence-electron chi connectivity index (χ3n) is 2.34. The average Bonchev–Trinajstić information content (AvgIpc) is 2.27. The molecule has 1 aromatic rings. The summed E-state index contributed by atoms with van der Waals surface area (Å²) in [4.78, 5) is 0. The molecule has 0 aromatic heterocycles. The molecule has 1 rings (SSSR count). The van der Waals surface area contributed by atoms with Crippen LogP contribution in [0.25, 0.3) is 0 Å². The van der Waals surface area contributed by atoms with Crippen molar-refractivity contribution in [3.8, 4) is 5.75 Å². The van der Waals surface area contributed by atoms with Crippen molar-refractivity contribution in [1.29, 1.82) is 0 Å². The van der Waals surface area contributed by atoms with Gasteiger partial charge in [0.2, 0.25) is 0 Å². The molecule has 0 aliphatic rings. The fraction of sp³-hybridized carbons (Fsp3) is 0.571. The molecule has 0 saturated heterocycles. The van der Waals surface area contributed by atoms with Gasteiger partial charge in [0.15, 0.2) is 11.6 Å². The third kappa shape index (κ3) is 5.36. The van der Waals surface area contributed by atoms with Crippen molar-refractivity contribution >= 4 is 5.69 Å². The van der Waals surface area contributed by atoms with Gasteiger partial charge in [-0.1, -0.05) is 0 Å². The largest absolute Gasteiger partial charge is 0.491 e. The summed E-state index contributed by atoms with van der Waals surface area (Å²) in [6, 6.07) is 4.94. The molecule has 0 unspecified atom stereocenters. The minimum Gasteiger partial charge on any atom is -0.491 e. The van der Waals surface area contributed by atoms with Gasteiger partial charge in [-0.15, -0.1) is 0 Å². The number of ether oxygens (including phenoxy) is 1. The maximum atomic E-state index is 13.6. The molecular weight excluding hydrogens is 231 g/mol. The van der Waals surface area contributed by atoms with Gasteiger partial charge in [0.05, 0.1) is 6.61 Å². The molecule has 3 nitrogen and oxygen atoms in total. The van der Waals surface area contributed by atoms with Gasteiger partial charge in [0.25, 0.3) is 0 Å². The Kier molecular flexibility index (Phi) is 5.41. The minimum atomic E-state index is -0.328. The summed E-state index contributed by atoms with van der Waals surface area (Å²) >= 11 is 0. The van der Waals surface area contributed by atoms with Gasteiger partial charge in [-0.05, 0) is 39.8 Å². The van der Waals surface area contributed by atoms with Crippen LogP contribution in [-0.4, -0.2) is 25.2 Å². The molecule has 0 heterocycles. The van der Waals surface area contributed by atoms with Gasteiger partial charge in [-0.2, -0.15) is 0 Å². The molecule has 102 valence electrons. The van der Waals surface area contributed by atoms with Crippen LogP contribution in [0.1, 0.15) is 27.7 Å². The highest BCUT2D eigenvalue weighted by Gasteiger charge is 2.07. The molecule has 0 bridgehead atoms. The van der Waals surface area contributed by atoms with E-state index in [9.17, 15) is 4.39 Å². The van der Waals surface area contributed by atoms with Gasteiger partial charge in [0, 0.05) is 30.4 Å². The minimum absolute atomic E-state index is 0.103. The zero-order valence-corrected chi connectivity index (χ0v) is 11.6. The third-order valence-corrected chi connectivity index (χ3v) is 2.34. The summed E-state index contributed by atoms with van der Waals surface area (Å²) in [6.45, 7) is 10.2. The monoisotopic (exact) mass is 254 g/mol. The Hall–Kier alpha value is -1.29. The zero-order chi connectivity index (χ0) is 13.6. The van der Waals surface area contributed by atoms with Gasteiger partial charge < -0.3 is 15.4 Å². The summed E-state index contributed by atoms with van der Waals surface area (Å²) in [7, 11) is 0. The summed E-state index contributed by atoms with van der Waals surface area (Å²) < 4.78 is 18.7. The molecule has 0 amide bonds. The molecule has 0 saturated carbocycles. The molecule has 2 N–H and O–H groups in total. The molecule has 1 aromatic carbocycles. The van der Waals surface area contributed by atoms with Crippen LogP contribution in [0.4, 0.5) is 10.1 Å². The number of benzene rings is 1. The van der Waals surface area contributed by atoms with Gasteiger partial charge in [-0.25, -0.2) is 4.39 Å². The fourth-order valence-corrected chi connectivity index (χ4v) is 1.53. The Morgan fingerprint density at radius 3 is 2.50 bits per heavy atom. The Morgan fingerprint density at radius 2 is 1.94 bits per heavy atom. The van der Waals surface area contributed by atoms with E-state index in [0.29, 0.717) is 12.4 Å². The first-order valence-electron chi connectivity index (χ1n) is 6.33. The van der Waals surface area contributed by atoms with Crippen LogP contribution in [0.2, 0.25) is 0 Å². The molecule has 0 fully saturated rings. The standard InChI is InChI=1S/C14H23FN2O/c1-5-18-13-7-6-11(10-12(13)15)16-8-9-17-14(2,3)4/h6-7,10,16-17H,5,8-9H2,1-4H3. The lowest BCUT2D eigenvalue weighted by Crippen LogP contribution is -2.38. The van der Waals surface area contributed by atoms with Crippen molar-refractivity contribution in [3.05, 3.63) is 24.0 Å². The van der Waals surface area contributed by atoms with Crippen molar-refractivity contribution < 1.29 is 9.13 Å². The highest BCUT2D eigenvalue weighted by atomic mass is 19.1. The Labute approximate surface area is 109 Å². The number of halogens is 1. The van der Waals surface area contributed by atoms with E-state index in [1.165, 1.54) is 6.07 Å². The van der Waals surface area contributed by atoms with Crippen molar-refractivity contribution in [2.45, 2.75) is 33.2 Å². The Morgan fingerprint density at radius 1 is 1.22 bits per heavy atom. The maximum absolute atomic E-state index is 13.6. The topological polar surface area (TPSA) is 33.3 Å². The predicted octanol–water partition coefficient (Wildman–Crippen LogP) is 3.02. The van der Waals surface area contributed by atoms with Crippen LogP contribution in [0, 0.1) is 5.82 Å². The first kappa shape index (κ1) is 14.8. The van der Waals surface area contributed by atoms with Gasteiger partial charge in [-0.3, -0.25) is 0 Å². The van der Waals surface area contributed by atoms with E-state index < -0.39 is 0 Å². The molecule has 0 aliphatic carbocycles. The second-order valence-electron chi connectivity index (χ2n) is 5.18. The van der Waals surface area contributed by atoms with E-state index in [0.717, 1.165) is 18.8 Å². The van der Waals surface area contributed by atoms with Crippen LogP contribution in [0.5, 0.6) is 5.75 Å².